The molecule has 5 nitrogen and oxygen atoms in total. The maximum atomic E-state index is 11.4. The number of hydrogen-bond acceptors (Lipinski definition) is 5. The number of hydrogen-bond donors (Lipinski definition) is 1. The first-order valence-corrected chi connectivity index (χ1v) is 12.2. The van der Waals surface area contributed by atoms with E-state index in [-0.39, 0.29) is 27.2 Å². The van der Waals surface area contributed by atoms with E-state index in [2.05, 4.69) is 69.7 Å². The Hall–Kier alpha value is 0.770. The Morgan fingerprint density at radius 2 is 2.33 bits per heavy atom. The van der Waals surface area contributed by atoms with Crippen LogP contribution in [0.1, 0.15) is 19.8 Å². The Balaban J connectivity index is 2.51. The number of alkyl halides is 3. The molecule has 1 unspecified atom stereocenters. The summed E-state index contributed by atoms with van der Waals surface area (Å²) < 4.78 is 8.70. The van der Waals surface area contributed by atoms with Crippen LogP contribution >= 0.6 is 54.5 Å². The molecular formula is C12H16Br2I2N3O2-. The van der Waals surface area contributed by atoms with Crippen LogP contribution in [0.2, 0.25) is 0 Å². The number of nitrogens with one attached hydrogen (secondary N) is 1. The summed E-state index contributed by atoms with van der Waals surface area (Å²) in [6.45, 7) is 2.28. The van der Waals surface area contributed by atoms with Crippen LogP contribution in [0.5, 0.6) is 0 Å². The van der Waals surface area contributed by atoms with Crippen molar-refractivity contribution in [1.29, 1.82) is 0 Å². The Morgan fingerprint density at radius 1 is 1.57 bits per heavy atom. The zero-order valence-corrected chi connectivity index (χ0v) is 18.9. The van der Waals surface area contributed by atoms with Gasteiger partial charge in [-0.15, -0.1) is 0 Å². The molecule has 1 heterocycles. The van der Waals surface area contributed by atoms with Crippen molar-refractivity contribution in [3.63, 3.8) is 0 Å². The Kier molecular flexibility index (Phi) is 10.7. The second kappa shape index (κ2) is 11.3. The zero-order valence-electron chi connectivity index (χ0n) is 11.4. The maximum absolute atomic E-state index is 11.4. The van der Waals surface area contributed by atoms with Crippen LogP contribution in [0, 0.1) is 0 Å². The number of halogens is 4. The van der Waals surface area contributed by atoms with Gasteiger partial charge in [0.25, 0.3) is 0 Å². The van der Waals surface area contributed by atoms with E-state index in [0.717, 1.165) is 21.1 Å². The molecule has 1 rings (SSSR count). The number of aromatic nitrogens is 2. The minimum absolute atomic E-state index is 0.102. The number of esters is 1. The molecule has 1 N–H and O–H groups in total. The number of ether oxygens (including phenoxy) is 1. The van der Waals surface area contributed by atoms with Gasteiger partial charge in [0.05, 0.1) is 0 Å². The van der Waals surface area contributed by atoms with Crippen LogP contribution in [0.3, 0.4) is 0 Å². The van der Waals surface area contributed by atoms with Gasteiger partial charge in [0, 0.05) is 0 Å². The summed E-state index contributed by atoms with van der Waals surface area (Å²) in [6, 6.07) is 0. The molecule has 9 heteroatoms. The predicted octanol–water partition coefficient (Wildman–Crippen LogP) is 0.607. The quantitative estimate of drug-likeness (QED) is 0.184. The first-order chi connectivity index (χ1) is 10.1. The van der Waals surface area contributed by atoms with Gasteiger partial charge < -0.3 is 0 Å². The van der Waals surface area contributed by atoms with E-state index in [0.29, 0.717) is 26.3 Å². The number of nitrogens with zero attached hydrogens (tertiary/aromatic N) is 2. The molecule has 1 atom stereocenters. The van der Waals surface area contributed by atoms with Gasteiger partial charge in [-0.05, 0) is 0 Å². The average Bonchev–Trinajstić information content (AvgIpc) is 2.42. The van der Waals surface area contributed by atoms with Gasteiger partial charge in [0.1, 0.15) is 0 Å². The van der Waals surface area contributed by atoms with Crippen molar-refractivity contribution in [2.75, 3.05) is 20.8 Å². The van der Waals surface area contributed by atoms with Crippen LogP contribution in [0.4, 0.5) is 5.82 Å². The third-order valence-corrected chi connectivity index (χ3v) is 6.97. The first-order valence-electron chi connectivity index (χ1n) is 6.30. The Morgan fingerprint density at radius 3 is 2.95 bits per heavy atom. The topological polar surface area (TPSA) is 64.1 Å². The van der Waals surface area contributed by atoms with Crippen LogP contribution in [-0.4, -0.2) is 35.4 Å². The van der Waals surface area contributed by atoms with Crippen molar-refractivity contribution in [2.45, 2.75) is 23.8 Å². The molecule has 0 fully saturated rings. The van der Waals surface area contributed by atoms with Crippen LogP contribution in [0.25, 0.3) is 0 Å². The molecule has 1 aromatic heterocycles. The summed E-state index contributed by atoms with van der Waals surface area (Å²) in [5.74, 6) is 0.652. The molecule has 0 amide bonds. The van der Waals surface area contributed by atoms with Gasteiger partial charge in [-0.25, -0.2) is 0 Å². The number of rotatable bonds is 9. The van der Waals surface area contributed by atoms with E-state index in [9.17, 15) is 4.79 Å². The van der Waals surface area contributed by atoms with E-state index in [1.54, 1.807) is 6.20 Å². The van der Waals surface area contributed by atoms with Crippen molar-refractivity contribution in [3.05, 3.63) is 15.4 Å². The molecule has 0 aliphatic carbocycles. The average molecular weight is 648 g/mol. The molecule has 21 heavy (non-hydrogen) atoms. The fourth-order valence-electron chi connectivity index (χ4n) is 1.37. The van der Waals surface area contributed by atoms with Crippen molar-refractivity contribution in [2.24, 2.45) is 0 Å². The Labute approximate surface area is 165 Å². The van der Waals surface area contributed by atoms with Gasteiger partial charge in [-0.2, -0.15) is 0 Å². The van der Waals surface area contributed by atoms with Crippen molar-refractivity contribution in [3.8, 4) is 0 Å². The third-order valence-electron chi connectivity index (χ3n) is 2.26. The number of carbonyl (C=O) groups is 1. The first kappa shape index (κ1) is 19.8. The summed E-state index contributed by atoms with van der Waals surface area (Å²) in [5, 5.41) is 3.43. The second-order valence-electron chi connectivity index (χ2n) is 3.82. The fraction of sp³-hybridized carbons (Fsp3) is 0.583. The minimum atomic E-state index is -0.156. The summed E-state index contributed by atoms with van der Waals surface area (Å²) in [7, 11) is 0. The second-order valence-corrected chi connectivity index (χ2v) is 9.93. The molecule has 0 aromatic carbocycles. The molecule has 0 aliphatic rings. The van der Waals surface area contributed by atoms with Gasteiger partial charge in [-0.3, -0.25) is 0 Å². The monoisotopic (exact) mass is 646 g/mol. The van der Waals surface area contributed by atoms with E-state index in [1.165, 1.54) is 0 Å². The summed E-state index contributed by atoms with van der Waals surface area (Å²) >= 11 is 8.91. The fourth-order valence-corrected chi connectivity index (χ4v) is 6.88. The van der Waals surface area contributed by atoms with Crippen molar-refractivity contribution < 1.29 is 30.7 Å². The number of carbonyl (C=O) groups excluding carboxylic acids is 1. The van der Waals surface area contributed by atoms with Gasteiger partial charge in [0.2, 0.25) is 0 Å². The van der Waals surface area contributed by atoms with Gasteiger partial charge in [0.15, 0.2) is 0 Å². The summed E-state index contributed by atoms with van der Waals surface area (Å²) in [5.41, 5.74) is 0. The van der Waals surface area contributed by atoms with E-state index in [1.807, 2.05) is 6.92 Å². The molecule has 120 valence electrons. The SMILES string of the molecule is CCOC(=O)CC[I-]C(CCI)Nc1ncc(Br)nc1Br. The molecule has 0 saturated heterocycles. The normalized spacial score (nSPS) is 12.2. The van der Waals surface area contributed by atoms with Gasteiger partial charge >= 0.3 is 167 Å². The zero-order chi connectivity index (χ0) is 15.7. The van der Waals surface area contributed by atoms with Crippen LogP contribution < -0.4 is 26.5 Å². The van der Waals surface area contributed by atoms with Crippen molar-refractivity contribution in [1.82, 2.24) is 9.97 Å². The van der Waals surface area contributed by atoms with E-state index >= 15 is 0 Å². The van der Waals surface area contributed by atoms with Crippen LogP contribution in [-0.2, 0) is 9.53 Å². The third kappa shape index (κ3) is 8.26. The standard InChI is InChI=1S/C12H16Br2I2N3O2/c1-2-21-10(20)4-6-16-9(3-5-15)19-12-11(14)18-8(13)7-17-12/h7,9H,2-6H2,1H3,(H,17,19)/q-1. The Bertz CT molecular complexity index is 466. The van der Waals surface area contributed by atoms with Crippen LogP contribution in [0.15, 0.2) is 15.4 Å². The molecule has 0 radical (unpaired) electrons. The molecule has 0 saturated carbocycles. The molecule has 0 aliphatic heterocycles. The van der Waals surface area contributed by atoms with Gasteiger partial charge in [-0.1, -0.05) is 0 Å². The predicted molar refractivity (Wildman–Crippen MR) is 94.5 cm³/mol. The van der Waals surface area contributed by atoms with E-state index < -0.39 is 0 Å². The molecular weight excluding hydrogens is 632 g/mol. The van der Waals surface area contributed by atoms with Crippen molar-refractivity contribution >= 4 is 66.2 Å². The molecule has 1 aromatic rings. The van der Waals surface area contributed by atoms with E-state index in [4.69, 9.17) is 4.74 Å². The molecule has 0 bridgehead atoms. The molecule has 0 spiro atoms. The summed E-state index contributed by atoms with van der Waals surface area (Å²) in [6.07, 6.45) is 3.24. The number of anilines is 1. The summed E-state index contributed by atoms with van der Waals surface area (Å²) in [4.78, 5) is 20.0.